The van der Waals surface area contributed by atoms with Gasteiger partial charge in [0, 0.05) is 16.8 Å². The van der Waals surface area contributed by atoms with E-state index in [1.807, 2.05) is 0 Å². The Morgan fingerprint density at radius 3 is 2.71 bits per heavy atom. The lowest BCUT2D eigenvalue weighted by Crippen LogP contribution is -2.18. The zero-order valence-electron chi connectivity index (χ0n) is 9.15. The molecular weight excluding hydrogens is 266 g/mol. The summed E-state index contributed by atoms with van der Waals surface area (Å²) in [7, 11) is 0. The monoisotopic (exact) mass is 276 g/mol. The van der Waals surface area contributed by atoms with Crippen LogP contribution in [0.4, 0.5) is 5.69 Å². The summed E-state index contributed by atoms with van der Waals surface area (Å²) in [5.74, 6) is -0.219. The number of nitrogens with two attached hydrogens (primary N) is 1. The minimum atomic E-state index is -2.55. The molecule has 0 bridgehead atoms. The molecule has 0 saturated heterocycles. The number of benzene rings is 1. The number of hydrogen-bond donors (Lipinski definition) is 3. The molecule has 0 aliphatic heterocycles. The zero-order valence-corrected chi connectivity index (χ0v) is 10.7. The average Bonchev–Trinajstić information content (AvgIpc) is 2.28. The van der Waals surface area contributed by atoms with E-state index in [0.29, 0.717) is 5.56 Å². The second-order valence-corrected chi connectivity index (χ2v) is 4.43. The van der Waals surface area contributed by atoms with Crippen molar-refractivity contribution in [3.8, 4) is 0 Å². The van der Waals surface area contributed by atoms with Gasteiger partial charge in [0.1, 0.15) is 0 Å². The van der Waals surface area contributed by atoms with E-state index in [4.69, 9.17) is 22.5 Å². The van der Waals surface area contributed by atoms with E-state index in [1.165, 1.54) is 0 Å². The van der Waals surface area contributed by atoms with Gasteiger partial charge < -0.3 is 20.2 Å². The fraction of sp³-hybridized carbons (Fsp3) is 0.222. The van der Waals surface area contributed by atoms with Gasteiger partial charge in [-0.25, -0.2) is 0 Å². The van der Waals surface area contributed by atoms with Gasteiger partial charge >= 0.3 is 0 Å². The van der Waals surface area contributed by atoms with Gasteiger partial charge in [-0.15, -0.1) is 0 Å². The molecule has 0 saturated carbocycles. The highest BCUT2D eigenvalue weighted by molar-refractivity contribution is 7.80. The van der Waals surface area contributed by atoms with E-state index in [1.54, 1.807) is 19.9 Å². The lowest BCUT2D eigenvalue weighted by Gasteiger charge is -2.17. The molecule has 0 radical (unpaired) electrons. The Bertz CT molecular complexity index is 505. The molecule has 0 heterocycles. The van der Waals surface area contributed by atoms with Crippen molar-refractivity contribution in [3.05, 3.63) is 27.8 Å². The minimum absolute atomic E-state index is 0.0957. The van der Waals surface area contributed by atoms with Gasteiger partial charge in [-0.05, 0) is 31.0 Å². The summed E-state index contributed by atoms with van der Waals surface area (Å²) in [6.45, 7) is 3.53. The van der Waals surface area contributed by atoms with E-state index in [9.17, 15) is 8.76 Å². The van der Waals surface area contributed by atoms with Gasteiger partial charge in [0.25, 0.3) is 0 Å². The molecule has 94 valence electrons. The van der Waals surface area contributed by atoms with Crippen molar-refractivity contribution in [1.29, 1.82) is 0 Å². The summed E-state index contributed by atoms with van der Waals surface area (Å²) in [4.78, 5) is 0. The summed E-state index contributed by atoms with van der Waals surface area (Å²) in [5, 5.41) is 11.7. The fourth-order valence-corrected chi connectivity index (χ4v) is 2.05. The Morgan fingerprint density at radius 2 is 2.24 bits per heavy atom. The van der Waals surface area contributed by atoms with Crippen LogP contribution in [0.5, 0.6) is 0 Å². The standard InChI is InChI=1S/C9H12ClN3O3S/c1-4-3-6(9(11)12-14)8(13-17(15)16)7(10)5(4)2/h3,13-14H,1-2H3,(H2,11,12)(H,15,16)/p-1. The predicted octanol–water partition coefficient (Wildman–Crippen LogP) is 1.26. The first-order valence-electron chi connectivity index (χ1n) is 4.52. The molecule has 8 heteroatoms. The summed E-state index contributed by atoms with van der Waals surface area (Å²) in [5.41, 5.74) is 7.30. The van der Waals surface area contributed by atoms with Crippen LogP contribution in [0.2, 0.25) is 5.02 Å². The third-order valence-corrected chi connectivity index (χ3v) is 3.18. The largest absolute Gasteiger partial charge is 0.755 e. The number of rotatable bonds is 3. The number of amidine groups is 1. The zero-order chi connectivity index (χ0) is 13.2. The molecule has 1 unspecified atom stereocenters. The van der Waals surface area contributed by atoms with Crippen molar-refractivity contribution < 1.29 is 14.0 Å². The molecular formula is C9H11ClN3O3S-. The van der Waals surface area contributed by atoms with Gasteiger partial charge in [-0.3, -0.25) is 4.21 Å². The normalized spacial score (nSPS) is 13.5. The molecule has 0 aliphatic rings. The van der Waals surface area contributed by atoms with Crippen molar-refractivity contribution in [3.63, 3.8) is 0 Å². The number of oxime groups is 1. The third kappa shape index (κ3) is 2.87. The first-order valence-corrected chi connectivity index (χ1v) is 5.97. The Kier molecular flexibility index (Phi) is 4.33. The summed E-state index contributed by atoms with van der Waals surface area (Å²) < 4.78 is 23.5. The number of halogens is 1. The number of anilines is 1. The molecule has 17 heavy (non-hydrogen) atoms. The molecule has 4 N–H and O–H groups in total. The minimum Gasteiger partial charge on any atom is -0.755 e. The van der Waals surface area contributed by atoms with E-state index < -0.39 is 11.3 Å². The number of hydrogen-bond acceptors (Lipinski definition) is 4. The van der Waals surface area contributed by atoms with Gasteiger partial charge in [0.05, 0.1) is 10.7 Å². The quantitative estimate of drug-likeness (QED) is 0.254. The van der Waals surface area contributed by atoms with Crippen molar-refractivity contribution in [2.45, 2.75) is 13.8 Å². The Labute approximate surface area is 106 Å². The van der Waals surface area contributed by atoms with Crippen LogP contribution in [0, 0.1) is 13.8 Å². The topological polar surface area (TPSA) is 111 Å². The van der Waals surface area contributed by atoms with Crippen molar-refractivity contribution in [2.75, 3.05) is 4.72 Å². The Hall–Kier alpha value is -1.31. The maximum atomic E-state index is 10.7. The average molecular weight is 277 g/mol. The van der Waals surface area contributed by atoms with Crippen molar-refractivity contribution in [1.82, 2.24) is 0 Å². The lowest BCUT2D eigenvalue weighted by atomic mass is 10.0. The third-order valence-electron chi connectivity index (χ3n) is 2.34. The van der Waals surface area contributed by atoms with Gasteiger partial charge in [-0.2, -0.15) is 0 Å². The van der Waals surface area contributed by atoms with Crippen LogP contribution >= 0.6 is 11.6 Å². The molecule has 1 aromatic rings. The van der Waals surface area contributed by atoms with Crippen LogP contribution in [0.3, 0.4) is 0 Å². The van der Waals surface area contributed by atoms with Gasteiger partial charge in [0.15, 0.2) is 5.84 Å². The number of aryl methyl sites for hydroxylation is 1. The van der Waals surface area contributed by atoms with E-state index in [0.717, 1.165) is 5.56 Å². The van der Waals surface area contributed by atoms with Crippen LogP contribution in [0.1, 0.15) is 16.7 Å². The molecule has 0 aliphatic carbocycles. The van der Waals surface area contributed by atoms with Crippen molar-refractivity contribution in [2.24, 2.45) is 10.9 Å². The van der Waals surface area contributed by atoms with E-state index in [2.05, 4.69) is 9.88 Å². The van der Waals surface area contributed by atoms with E-state index >= 15 is 0 Å². The molecule has 0 fully saturated rings. The molecule has 0 aromatic heterocycles. The molecule has 1 aromatic carbocycles. The second-order valence-electron chi connectivity index (χ2n) is 3.38. The SMILES string of the molecule is Cc1cc(C(N)=NO)c(NS(=O)[O-])c(Cl)c1C. The van der Waals surface area contributed by atoms with Crippen LogP contribution in [0.25, 0.3) is 0 Å². The van der Waals surface area contributed by atoms with Crippen LogP contribution in [0.15, 0.2) is 11.2 Å². The second kappa shape index (κ2) is 5.35. The smallest absolute Gasteiger partial charge is 0.172 e. The summed E-state index contributed by atoms with van der Waals surface area (Å²) in [6.07, 6.45) is 0. The highest BCUT2D eigenvalue weighted by atomic mass is 35.5. The van der Waals surface area contributed by atoms with Gasteiger partial charge in [0.2, 0.25) is 0 Å². The Balaban J connectivity index is 3.51. The van der Waals surface area contributed by atoms with E-state index in [-0.39, 0.29) is 22.1 Å². The highest BCUT2D eigenvalue weighted by Gasteiger charge is 2.15. The molecule has 0 spiro atoms. The summed E-state index contributed by atoms with van der Waals surface area (Å²) >= 11 is 3.47. The van der Waals surface area contributed by atoms with Crippen LogP contribution < -0.4 is 10.5 Å². The highest BCUT2D eigenvalue weighted by Crippen LogP contribution is 2.32. The first kappa shape index (κ1) is 13.8. The van der Waals surface area contributed by atoms with Crippen LogP contribution in [-0.2, 0) is 11.3 Å². The maximum Gasteiger partial charge on any atom is 0.172 e. The van der Waals surface area contributed by atoms with Crippen LogP contribution in [-0.4, -0.2) is 19.8 Å². The fourth-order valence-electron chi connectivity index (χ4n) is 1.31. The lowest BCUT2D eigenvalue weighted by molar-refractivity contribution is 0.318. The first-order chi connectivity index (χ1) is 7.88. The van der Waals surface area contributed by atoms with Crippen molar-refractivity contribution >= 4 is 34.4 Å². The molecule has 1 rings (SSSR count). The molecule has 1 atom stereocenters. The molecule has 6 nitrogen and oxygen atoms in total. The number of nitrogens with zero attached hydrogens (tertiary/aromatic N) is 1. The van der Waals surface area contributed by atoms with Gasteiger partial charge in [-0.1, -0.05) is 16.8 Å². The Morgan fingerprint density at radius 1 is 1.65 bits per heavy atom. The number of nitrogens with one attached hydrogen (secondary N) is 1. The predicted molar refractivity (Wildman–Crippen MR) is 66.0 cm³/mol. The maximum absolute atomic E-state index is 10.7. The summed E-state index contributed by atoms with van der Waals surface area (Å²) in [6, 6.07) is 1.59. The molecule has 0 amide bonds.